The van der Waals surface area contributed by atoms with Crippen molar-refractivity contribution < 1.29 is 4.74 Å². The maximum absolute atomic E-state index is 5.87. The first-order valence-corrected chi connectivity index (χ1v) is 9.65. The predicted octanol–water partition coefficient (Wildman–Crippen LogP) is 3.98. The summed E-state index contributed by atoms with van der Waals surface area (Å²) < 4.78 is 7.01. The second-order valence-electron chi connectivity index (χ2n) is 7.42. The lowest BCUT2D eigenvalue weighted by atomic mass is 9.57. The highest BCUT2D eigenvalue weighted by molar-refractivity contribution is 14.0. The number of nitrogens with one attached hydrogen (secondary N) is 2. The third-order valence-corrected chi connectivity index (χ3v) is 5.93. The van der Waals surface area contributed by atoms with Gasteiger partial charge in [-0.3, -0.25) is 4.99 Å². The molecule has 1 aromatic carbocycles. The van der Waals surface area contributed by atoms with Crippen LogP contribution in [0.1, 0.15) is 32.3 Å². The van der Waals surface area contributed by atoms with Gasteiger partial charge in [-0.1, -0.05) is 41.9 Å². The van der Waals surface area contributed by atoms with Crippen molar-refractivity contribution in [1.29, 1.82) is 0 Å². The fourth-order valence-corrected chi connectivity index (χ4v) is 4.60. The summed E-state index contributed by atoms with van der Waals surface area (Å²) in [6, 6.07) is 8.96. The van der Waals surface area contributed by atoms with Crippen LogP contribution in [-0.4, -0.2) is 38.3 Å². The van der Waals surface area contributed by atoms with E-state index in [4.69, 9.17) is 4.74 Å². The summed E-state index contributed by atoms with van der Waals surface area (Å²) in [6.45, 7) is 6.40. The van der Waals surface area contributed by atoms with E-state index in [2.05, 4.69) is 69.7 Å². The van der Waals surface area contributed by atoms with Crippen LogP contribution in [0.5, 0.6) is 0 Å². The third-order valence-electron chi connectivity index (χ3n) is 5.44. The van der Waals surface area contributed by atoms with Crippen LogP contribution in [0.4, 0.5) is 0 Å². The Bertz CT molecular complexity index is 608. The second-order valence-corrected chi connectivity index (χ2v) is 8.34. The van der Waals surface area contributed by atoms with Gasteiger partial charge >= 0.3 is 0 Å². The Morgan fingerprint density at radius 2 is 2.20 bits per heavy atom. The molecule has 6 heteroatoms. The van der Waals surface area contributed by atoms with Gasteiger partial charge in [0, 0.05) is 42.0 Å². The Labute approximate surface area is 176 Å². The van der Waals surface area contributed by atoms with Crippen molar-refractivity contribution >= 4 is 45.9 Å². The molecule has 4 nitrogen and oxygen atoms in total. The summed E-state index contributed by atoms with van der Waals surface area (Å²) >= 11 is 3.52. The molecule has 0 spiro atoms. The fourth-order valence-electron chi connectivity index (χ4n) is 4.15. The van der Waals surface area contributed by atoms with E-state index in [1.165, 1.54) is 5.56 Å². The van der Waals surface area contributed by atoms with Gasteiger partial charge in [0.05, 0.1) is 6.10 Å². The number of rotatable bonds is 5. The molecular formula is C19H29BrIN3O. The molecule has 1 aliphatic carbocycles. The van der Waals surface area contributed by atoms with E-state index < -0.39 is 0 Å². The summed E-state index contributed by atoms with van der Waals surface area (Å²) in [6.07, 6.45) is 3.72. The number of halogens is 2. The largest absolute Gasteiger partial charge is 0.377 e. The van der Waals surface area contributed by atoms with E-state index in [-0.39, 0.29) is 29.4 Å². The van der Waals surface area contributed by atoms with Crippen LogP contribution in [0.15, 0.2) is 33.7 Å². The van der Waals surface area contributed by atoms with E-state index >= 15 is 0 Å². The average molecular weight is 522 g/mol. The van der Waals surface area contributed by atoms with Gasteiger partial charge < -0.3 is 15.4 Å². The number of guanidine groups is 1. The van der Waals surface area contributed by atoms with Crippen LogP contribution in [0, 0.1) is 11.3 Å². The van der Waals surface area contributed by atoms with Gasteiger partial charge in [-0.2, -0.15) is 0 Å². The van der Waals surface area contributed by atoms with Crippen molar-refractivity contribution in [2.24, 2.45) is 16.3 Å². The lowest BCUT2D eigenvalue weighted by molar-refractivity contribution is -0.106. The number of benzene rings is 1. The zero-order valence-electron chi connectivity index (χ0n) is 15.2. The zero-order valence-corrected chi connectivity index (χ0v) is 19.1. The monoisotopic (exact) mass is 521 g/mol. The van der Waals surface area contributed by atoms with Crippen LogP contribution in [0.2, 0.25) is 0 Å². The number of nitrogens with zero attached hydrogens (tertiary/aromatic N) is 1. The van der Waals surface area contributed by atoms with Gasteiger partial charge in [-0.15, -0.1) is 24.0 Å². The van der Waals surface area contributed by atoms with Crippen molar-refractivity contribution in [1.82, 2.24) is 10.6 Å². The SMILES string of the molecule is CN=C(NCCCc1cccc(Br)c1)NC1C2CCOC2C1(C)C.I. The van der Waals surface area contributed by atoms with Crippen LogP contribution >= 0.6 is 39.9 Å². The summed E-state index contributed by atoms with van der Waals surface area (Å²) in [4.78, 5) is 4.39. The van der Waals surface area contributed by atoms with Crippen molar-refractivity contribution in [3.8, 4) is 0 Å². The van der Waals surface area contributed by atoms with Gasteiger partial charge in [0.15, 0.2) is 5.96 Å². The maximum atomic E-state index is 5.87. The smallest absolute Gasteiger partial charge is 0.191 e. The molecule has 0 bridgehead atoms. The highest BCUT2D eigenvalue weighted by atomic mass is 127. The van der Waals surface area contributed by atoms with E-state index in [1.807, 2.05) is 7.05 Å². The summed E-state index contributed by atoms with van der Waals surface area (Å²) in [5.74, 6) is 1.54. The van der Waals surface area contributed by atoms with Gasteiger partial charge in [0.2, 0.25) is 0 Å². The second kappa shape index (κ2) is 9.04. The number of aliphatic imine (C=N–C) groups is 1. The Morgan fingerprint density at radius 1 is 1.40 bits per heavy atom. The molecule has 2 aliphatic rings. The molecule has 0 radical (unpaired) electrons. The van der Waals surface area contributed by atoms with E-state index in [9.17, 15) is 0 Å². The molecule has 1 aromatic rings. The molecule has 0 amide bonds. The van der Waals surface area contributed by atoms with E-state index in [0.29, 0.717) is 18.1 Å². The highest BCUT2D eigenvalue weighted by Gasteiger charge is 2.59. The first-order valence-electron chi connectivity index (χ1n) is 8.85. The number of aryl methyl sites for hydroxylation is 1. The lowest BCUT2D eigenvalue weighted by Crippen LogP contribution is -2.67. The first-order chi connectivity index (χ1) is 11.5. The average Bonchev–Trinajstić information content (AvgIpc) is 3.01. The highest BCUT2D eigenvalue weighted by Crippen LogP contribution is 2.52. The molecule has 1 saturated carbocycles. The van der Waals surface area contributed by atoms with Crippen molar-refractivity contribution in [3.63, 3.8) is 0 Å². The maximum Gasteiger partial charge on any atom is 0.191 e. The predicted molar refractivity (Wildman–Crippen MR) is 118 cm³/mol. The van der Waals surface area contributed by atoms with Gasteiger partial charge in [-0.05, 0) is 37.0 Å². The molecule has 2 N–H and O–H groups in total. The molecule has 3 unspecified atom stereocenters. The van der Waals surface area contributed by atoms with Crippen molar-refractivity contribution in [2.75, 3.05) is 20.2 Å². The summed E-state index contributed by atoms with van der Waals surface area (Å²) in [5.41, 5.74) is 1.54. The Balaban J connectivity index is 0.00000225. The number of fused-ring (bicyclic) bond motifs is 1. The van der Waals surface area contributed by atoms with Crippen molar-refractivity contribution in [2.45, 2.75) is 45.3 Å². The topological polar surface area (TPSA) is 45.7 Å². The third kappa shape index (κ3) is 4.69. The minimum atomic E-state index is 0. The number of ether oxygens (including phenoxy) is 1. The van der Waals surface area contributed by atoms with Crippen LogP contribution in [-0.2, 0) is 11.2 Å². The molecule has 0 aromatic heterocycles. The van der Waals surface area contributed by atoms with Gasteiger partial charge in [0.25, 0.3) is 0 Å². The van der Waals surface area contributed by atoms with Crippen LogP contribution in [0.25, 0.3) is 0 Å². The Morgan fingerprint density at radius 3 is 2.92 bits per heavy atom. The molecule has 3 atom stereocenters. The van der Waals surface area contributed by atoms with E-state index in [1.54, 1.807) is 0 Å². The van der Waals surface area contributed by atoms with Crippen LogP contribution in [0.3, 0.4) is 0 Å². The molecule has 1 aliphatic heterocycles. The van der Waals surface area contributed by atoms with E-state index in [0.717, 1.165) is 42.8 Å². The fraction of sp³-hybridized carbons (Fsp3) is 0.632. The number of hydrogen-bond donors (Lipinski definition) is 2. The normalized spacial score (nSPS) is 27.0. The number of hydrogen-bond acceptors (Lipinski definition) is 2. The Kier molecular flexibility index (Phi) is 7.58. The van der Waals surface area contributed by atoms with Crippen LogP contribution < -0.4 is 10.6 Å². The lowest BCUT2D eigenvalue weighted by Gasteiger charge is -2.54. The molecule has 25 heavy (non-hydrogen) atoms. The van der Waals surface area contributed by atoms with Gasteiger partial charge in [-0.25, -0.2) is 0 Å². The molecular weight excluding hydrogens is 493 g/mol. The van der Waals surface area contributed by atoms with Gasteiger partial charge in [0.1, 0.15) is 0 Å². The molecule has 1 heterocycles. The first kappa shape index (κ1) is 21.0. The van der Waals surface area contributed by atoms with Crippen molar-refractivity contribution in [3.05, 3.63) is 34.3 Å². The molecule has 1 saturated heterocycles. The Hall–Kier alpha value is -0.340. The molecule has 140 valence electrons. The molecule has 3 rings (SSSR count). The standard InChI is InChI=1S/C19H28BrN3O.HI/c1-19(2)16(15-9-11-24-17(15)19)23-18(21-3)22-10-5-7-13-6-4-8-14(20)12-13;/h4,6,8,12,15-17H,5,7,9-11H2,1-3H3,(H2,21,22,23);1H. The quantitative estimate of drug-likeness (QED) is 0.266. The minimum Gasteiger partial charge on any atom is -0.377 e. The molecule has 2 fully saturated rings. The zero-order chi connectivity index (χ0) is 17.2. The summed E-state index contributed by atoms with van der Waals surface area (Å²) in [7, 11) is 1.85. The summed E-state index contributed by atoms with van der Waals surface area (Å²) in [5, 5.41) is 7.08. The minimum absolute atomic E-state index is 0.